The molecule has 1 N–H and O–H groups in total. The van der Waals surface area contributed by atoms with Gasteiger partial charge in [-0.05, 0) is 61.8 Å². The van der Waals surface area contributed by atoms with Gasteiger partial charge in [0.2, 0.25) is 0 Å². The van der Waals surface area contributed by atoms with Crippen LogP contribution in [0.1, 0.15) is 49.7 Å². The molecule has 0 bridgehead atoms. The van der Waals surface area contributed by atoms with Gasteiger partial charge in [-0.15, -0.1) is 0 Å². The molecule has 0 saturated heterocycles. The van der Waals surface area contributed by atoms with Gasteiger partial charge in [0.1, 0.15) is 5.75 Å². The van der Waals surface area contributed by atoms with Crippen LogP contribution < -0.4 is 10.1 Å². The first-order valence-corrected chi connectivity index (χ1v) is 7.85. The number of amides is 1. The number of aryl methyl sites for hydroxylation is 2. The van der Waals surface area contributed by atoms with E-state index in [1.165, 1.54) is 43.2 Å². The average molecular weight is 273 g/mol. The molecule has 0 aromatic heterocycles. The number of fused-ring (bicyclic) bond motifs is 1. The van der Waals surface area contributed by atoms with E-state index in [0.717, 1.165) is 25.0 Å². The Kier molecular flexibility index (Phi) is 4.24. The molecule has 1 saturated carbocycles. The normalized spacial score (nSPS) is 18.6. The summed E-state index contributed by atoms with van der Waals surface area (Å²) in [6.07, 6.45) is 9.57. The van der Waals surface area contributed by atoms with Gasteiger partial charge in [-0.1, -0.05) is 18.9 Å². The number of carbonyl (C=O) groups is 1. The fraction of sp³-hybridized carbons (Fsp3) is 0.588. The quantitative estimate of drug-likeness (QED) is 0.916. The molecule has 2 aliphatic rings. The molecule has 20 heavy (non-hydrogen) atoms. The summed E-state index contributed by atoms with van der Waals surface area (Å²) in [5.41, 5.74) is 2.84. The first kappa shape index (κ1) is 13.5. The summed E-state index contributed by atoms with van der Waals surface area (Å²) in [6, 6.07) is 6.62. The van der Waals surface area contributed by atoms with Crippen LogP contribution in [-0.2, 0) is 17.6 Å². The SMILES string of the molecule is O=C(COc1ccc2c(c1)CCCC2)NC1CCCC1. The second-order valence-electron chi connectivity index (χ2n) is 5.98. The van der Waals surface area contributed by atoms with Gasteiger partial charge in [0.25, 0.3) is 5.91 Å². The number of nitrogens with one attached hydrogen (secondary N) is 1. The lowest BCUT2D eigenvalue weighted by Crippen LogP contribution is -2.36. The van der Waals surface area contributed by atoms with Crippen LogP contribution in [0.15, 0.2) is 18.2 Å². The van der Waals surface area contributed by atoms with E-state index in [1.807, 2.05) is 6.07 Å². The zero-order valence-corrected chi connectivity index (χ0v) is 12.0. The van der Waals surface area contributed by atoms with E-state index < -0.39 is 0 Å². The minimum Gasteiger partial charge on any atom is -0.484 e. The summed E-state index contributed by atoms with van der Waals surface area (Å²) in [6.45, 7) is 0.134. The Morgan fingerprint density at radius 3 is 2.65 bits per heavy atom. The van der Waals surface area contributed by atoms with Gasteiger partial charge in [0.15, 0.2) is 6.61 Å². The highest BCUT2D eigenvalue weighted by Gasteiger charge is 2.17. The van der Waals surface area contributed by atoms with Crippen LogP contribution in [0.5, 0.6) is 5.75 Å². The van der Waals surface area contributed by atoms with Crippen molar-refractivity contribution in [3.05, 3.63) is 29.3 Å². The van der Waals surface area contributed by atoms with Crippen molar-refractivity contribution >= 4 is 5.91 Å². The molecule has 0 spiro atoms. The Balaban J connectivity index is 1.51. The second kappa shape index (κ2) is 6.29. The topological polar surface area (TPSA) is 38.3 Å². The molecular formula is C17H23NO2. The third-order valence-corrected chi connectivity index (χ3v) is 4.41. The van der Waals surface area contributed by atoms with E-state index in [-0.39, 0.29) is 12.5 Å². The molecular weight excluding hydrogens is 250 g/mol. The summed E-state index contributed by atoms with van der Waals surface area (Å²) in [4.78, 5) is 11.8. The monoisotopic (exact) mass is 273 g/mol. The van der Waals surface area contributed by atoms with Crippen LogP contribution in [0, 0.1) is 0 Å². The number of rotatable bonds is 4. The molecule has 0 heterocycles. The number of ether oxygens (including phenoxy) is 1. The van der Waals surface area contributed by atoms with Gasteiger partial charge in [-0.3, -0.25) is 4.79 Å². The lowest BCUT2D eigenvalue weighted by molar-refractivity contribution is -0.123. The third-order valence-electron chi connectivity index (χ3n) is 4.41. The average Bonchev–Trinajstić information content (AvgIpc) is 2.98. The first-order valence-electron chi connectivity index (χ1n) is 7.85. The van der Waals surface area contributed by atoms with E-state index in [0.29, 0.717) is 6.04 Å². The highest BCUT2D eigenvalue weighted by Crippen LogP contribution is 2.25. The van der Waals surface area contributed by atoms with Crippen LogP contribution in [0.25, 0.3) is 0 Å². The number of benzene rings is 1. The predicted octanol–water partition coefficient (Wildman–Crippen LogP) is 3.00. The zero-order valence-electron chi connectivity index (χ0n) is 12.0. The van der Waals surface area contributed by atoms with Crippen molar-refractivity contribution in [2.45, 2.75) is 57.4 Å². The standard InChI is InChI=1S/C17H23NO2/c19-17(18-15-7-3-4-8-15)12-20-16-10-9-13-5-1-2-6-14(13)11-16/h9-11,15H,1-8,12H2,(H,18,19). The Bertz CT molecular complexity index is 478. The Hall–Kier alpha value is -1.51. The zero-order chi connectivity index (χ0) is 13.8. The van der Waals surface area contributed by atoms with Crippen LogP contribution in [0.3, 0.4) is 0 Å². The molecule has 1 aromatic carbocycles. The summed E-state index contributed by atoms with van der Waals surface area (Å²) in [5.74, 6) is 0.835. The molecule has 2 aliphatic carbocycles. The Morgan fingerprint density at radius 1 is 1.10 bits per heavy atom. The van der Waals surface area contributed by atoms with E-state index in [2.05, 4.69) is 17.4 Å². The molecule has 108 valence electrons. The fourth-order valence-electron chi connectivity index (χ4n) is 3.29. The van der Waals surface area contributed by atoms with Crippen molar-refractivity contribution < 1.29 is 9.53 Å². The predicted molar refractivity (Wildman–Crippen MR) is 79.0 cm³/mol. The Labute approximate surface area is 120 Å². The molecule has 1 amide bonds. The van der Waals surface area contributed by atoms with E-state index in [9.17, 15) is 4.79 Å². The van der Waals surface area contributed by atoms with E-state index in [1.54, 1.807) is 0 Å². The van der Waals surface area contributed by atoms with Gasteiger partial charge < -0.3 is 10.1 Å². The summed E-state index contributed by atoms with van der Waals surface area (Å²) >= 11 is 0. The van der Waals surface area contributed by atoms with Crippen molar-refractivity contribution in [1.29, 1.82) is 0 Å². The second-order valence-corrected chi connectivity index (χ2v) is 5.98. The van der Waals surface area contributed by atoms with Crippen molar-refractivity contribution in [2.24, 2.45) is 0 Å². The van der Waals surface area contributed by atoms with Gasteiger partial charge in [-0.2, -0.15) is 0 Å². The van der Waals surface area contributed by atoms with Gasteiger partial charge in [0, 0.05) is 6.04 Å². The van der Waals surface area contributed by atoms with Crippen molar-refractivity contribution in [3.8, 4) is 5.75 Å². The van der Waals surface area contributed by atoms with Crippen molar-refractivity contribution in [1.82, 2.24) is 5.32 Å². The molecule has 3 nitrogen and oxygen atoms in total. The van der Waals surface area contributed by atoms with Crippen molar-refractivity contribution in [2.75, 3.05) is 6.61 Å². The van der Waals surface area contributed by atoms with Crippen LogP contribution in [-0.4, -0.2) is 18.6 Å². The molecule has 1 aromatic rings. The number of hydrogen-bond acceptors (Lipinski definition) is 2. The smallest absolute Gasteiger partial charge is 0.258 e. The molecule has 3 rings (SSSR count). The molecule has 0 aliphatic heterocycles. The highest BCUT2D eigenvalue weighted by molar-refractivity contribution is 5.77. The van der Waals surface area contributed by atoms with Gasteiger partial charge >= 0.3 is 0 Å². The van der Waals surface area contributed by atoms with Crippen LogP contribution in [0.4, 0.5) is 0 Å². The first-order chi connectivity index (χ1) is 9.81. The third kappa shape index (κ3) is 3.33. The highest BCUT2D eigenvalue weighted by atomic mass is 16.5. The van der Waals surface area contributed by atoms with Gasteiger partial charge in [-0.25, -0.2) is 0 Å². The molecule has 1 fully saturated rings. The van der Waals surface area contributed by atoms with Gasteiger partial charge in [0.05, 0.1) is 0 Å². The summed E-state index contributed by atoms with van der Waals surface area (Å²) in [5, 5.41) is 3.05. The number of carbonyl (C=O) groups excluding carboxylic acids is 1. The molecule has 0 unspecified atom stereocenters. The maximum Gasteiger partial charge on any atom is 0.258 e. The lowest BCUT2D eigenvalue weighted by atomic mass is 9.92. The number of hydrogen-bond donors (Lipinski definition) is 1. The maximum atomic E-state index is 11.8. The maximum absolute atomic E-state index is 11.8. The Morgan fingerprint density at radius 2 is 1.85 bits per heavy atom. The largest absolute Gasteiger partial charge is 0.484 e. The van der Waals surface area contributed by atoms with Crippen LogP contribution >= 0.6 is 0 Å². The summed E-state index contributed by atoms with van der Waals surface area (Å²) in [7, 11) is 0. The van der Waals surface area contributed by atoms with Crippen molar-refractivity contribution in [3.63, 3.8) is 0 Å². The van der Waals surface area contributed by atoms with E-state index in [4.69, 9.17) is 4.74 Å². The fourth-order valence-corrected chi connectivity index (χ4v) is 3.29. The molecule has 0 radical (unpaired) electrons. The molecule has 3 heteroatoms. The molecule has 0 atom stereocenters. The lowest BCUT2D eigenvalue weighted by Gasteiger charge is -2.17. The minimum atomic E-state index is 0.00891. The minimum absolute atomic E-state index is 0.00891. The summed E-state index contributed by atoms with van der Waals surface area (Å²) < 4.78 is 5.63. The van der Waals surface area contributed by atoms with Crippen LogP contribution in [0.2, 0.25) is 0 Å². The van der Waals surface area contributed by atoms with E-state index >= 15 is 0 Å².